The highest BCUT2D eigenvalue weighted by atomic mass is 16.4. The number of carboxylic acids is 1. The smallest absolute Gasteiger partial charge is 0.337 e. The van der Waals surface area contributed by atoms with E-state index in [0.717, 1.165) is 13.0 Å². The lowest BCUT2D eigenvalue weighted by Gasteiger charge is -2.35. The van der Waals surface area contributed by atoms with Crippen molar-refractivity contribution in [2.75, 3.05) is 16.8 Å². The average Bonchev–Trinajstić information content (AvgIpc) is 2.71. The van der Waals surface area contributed by atoms with Gasteiger partial charge in [-0.2, -0.15) is 0 Å². The van der Waals surface area contributed by atoms with E-state index in [4.69, 9.17) is 0 Å². The molecule has 2 unspecified atom stereocenters. The van der Waals surface area contributed by atoms with Crippen LogP contribution >= 0.6 is 0 Å². The topological polar surface area (TPSA) is 69.6 Å². The van der Waals surface area contributed by atoms with Gasteiger partial charge in [0, 0.05) is 6.54 Å². The van der Waals surface area contributed by atoms with Crippen LogP contribution in [0.1, 0.15) is 23.7 Å². The molecule has 2 N–H and O–H groups in total. The molecule has 5 heteroatoms. The van der Waals surface area contributed by atoms with Gasteiger partial charge in [0.15, 0.2) is 0 Å². The first-order valence-corrected chi connectivity index (χ1v) is 6.03. The van der Waals surface area contributed by atoms with Crippen molar-refractivity contribution in [3.8, 4) is 0 Å². The SMILES string of the molecule is CC1CCN2c3c(cccc3C(=O)O)NC(=O)C12. The number of para-hydroxylation sites is 1. The molecule has 0 aliphatic carbocycles. The minimum Gasteiger partial charge on any atom is -0.478 e. The summed E-state index contributed by atoms with van der Waals surface area (Å²) in [7, 11) is 0. The molecule has 94 valence electrons. The maximum atomic E-state index is 12.0. The van der Waals surface area contributed by atoms with E-state index in [1.807, 2.05) is 11.8 Å². The molecule has 0 radical (unpaired) electrons. The van der Waals surface area contributed by atoms with Crippen molar-refractivity contribution in [2.45, 2.75) is 19.4 Å². The van der Waals surface area contributed by atoms with Crippen LogP contribution in [0.3, 0.4) is 0 Å². The van der Waals surface area contributed by atoms with Gasteiger partial charge < -0.3 is 15.3 Å². The fourth-order valence-electron chi connectivity index (χ4n) is 2.93. The summed E-state index contributed by atoms with van der Waals surface area (Å²) in [5.41, 5.74) is 1.51. The van der Waals surface area contributed by atoms with Gasteiger partial charge >= 0.3 is 5.97 Å². The summed E-state index contributed by atoms with van der Waals surface area (Å²) in [6.45, 7) is 2.76. The van der Waals surface area contributed by atoms with Gasteiger partial charge in [-0.15, -0.1) is 0 Å². The van der Waals surface area contributed by atoms with Crippen molar-refractivity contribution in [2.24, 2.45) is 5.92 Å². The van der Waals surface area contributed by atoms with Gasteiger partial charge in [-0.05, 0) is 24.5 Å². The van der Waals surface area contributed by atoms with E-state index < -0.39 is 5.97 Å². The van der Waals surface area contributed by atoms with Crippen molar-refractivity contribution in [1.29, 1.82) is 0 Å². The number of nitrogens with one attached hydrogen (secondary N) is 1. The van der Waals surface area contributed by atoms with Gasteiger partial charge in [0.2, 0.25) is 5.91 Å². The van der Waals surface area contributed by atoms with Crippen molar-refractivity contribution in [3.63, 3.8) is 0 Å². The molecular weight excluding hydrogens is 232 g/mol. The van der Waals surface area contributed by atoms with Crippen LogP contribution in [0.15, 0.2) is 18.2 Å². The lowest BCUT2D eigenvalue weighted by atomic mass is 9.98. The normalized spacial score (nSPS) is 25.4. The number of rotatable bonds is 1. The fraction of sp³-hybridized carbons (Fsp3) is 0.385. The lowest BCUT2D eigenvalue weighted by molar-refractivity contribution is -0.118. The molecule has 1 aromatic carbocycles. The Morgan fingerprint density at radius 1 is 1.50 bits per heavy atom. The first-order chi connectivity index (χ1) is 8.59. The van der Waals surface area contributed by atoms with Crippen LogP contribution < -0.4 is 10.2 Å². The number of fused-ring (bicyclic) bond motifs is 3. The molecule has 0 bridgehead atoms. The van der Waals surface area contributed by atoms with E-state index in [9.17, 15) is 14.7 Å². The van der Waals surface area contributed by atoms with E-state index in [1.54, 1.807) is 18.2 Å². The highest BCUT2D eigenvalue weighted by Crippen LogP contribution is 2.41. The third-order valence-electron chi connectivity index (χ3n) is 3.78. The number of carboxylic acid groups (broad SMARTS) is 1. The molecule has 2 aliphatic heterocycles. The van der Waals surface area contributed by atoms with Crippen molar-refractivity contribution in [1.82, 2.24) is 0 Å². The molecule has 1 aromatic rings. The largest absolute Gasteiger partial charge is 0.478 e. The number of anilines is 2. The molecule has 0 saturated carbocycles. The Morgan fingerprint density at radius 3 is 3.00 bits per heavy atom. The van der Waals surface area contributed by atoms with E-state index in [0.29, 0.717) is 11.4 Å². The summed E-state index contributed by atoms with van der Waals surface area (Å²) < 4.78 is 0. The molecule has 1 fully saturated rings. The summed E-state index contributed by atoms with van der Waals surface area (Å²) in [6, 6.07) is 4.75. The van der Waals surface area contributed by atoms with Crippen molar-refractivity contribution >= 4 is 23.3 Å². The first kappa shape index (κ1) is 11.1. The van der Waals surface area contributed by atoms with Crippen molar-refractivity contribution < 1.29 is 14.7 Å². The van der Waals surface area contributed by atoms with Gasteiger partial charge in [0.1, 0.15) is 6.04 Å². The Hall–Kier alpha value is -2.04. The van der Waals surface area contributed by atoms with Crippen LogP contribution in [-0.4, -0.2) is 29.6 Å². The van der Waals surface area contributed by atoms with Crippen LogP contribution in [0.2, 0.25) is 0 Å². The molecule has 0 spiro atoms. The molecule has 2 aliphatic rings. The highest BCUT2D eigenvalue weighted by molar-refractivity contribution is 6.09. The molecular formula is C13H14N2O3. The van der Waals surface area contributed by atoms with Gasteiger partial charge in [-0.3, -0.25) is 4.79 Å². The summed E-state index contributed by atoms with van der Waals surface area (Å²) in [5.74, 6) is -0.739. The molecule has 1 saturated heterocycles. The third kappa shape index (κ3) is 1.40. The summed E-state index contributed by atoms with van der Waals surface area (Å²) in [5, 5.41) is 12.1. The second-order valence-electron chi connectivity index (χ2n) is 4.90. The van der Waals surface area contributed by atoms with E-state index in [-0.39, 0.29) is 23.4 Å². The number of aromatic carboxylic acids is 1. The summed E-state index contributed by atoms with van der Waals surface area (Å²) >= 11 is 0. The maximum Gasteiger partial charge on any atom is 0.337 e. The Kier molecular flexibility index (Phi) is 2.29. The Labute approximate surface area is 104 Å². The number of carbonyl (C=O) groups excluding carboxylic acids is 1. The third-order valence-corrected chi connectivity index (χ3v) is 3.78. The summed E-state index contributed by atoms with van der Waals surface area (Å²) in [6.07, 6.45) is 0.908. The highest BCUT2D eigenvalue weighted by Gasteiger charge is 2.42. The lowest BCUT2D eigenvalue weighted by Crippen LogP contribution is -2.47. The number of benzene rings is 1. The average molecular weight is 246 g/mol. The van der Waals surface area contributed by atoms with Gasteiger partial charge in [0.25, 0.3) is 0 Å². The van der Waals surface area contributed by atoms with Crippen molar-refractivity contribution in [3.05, 3.63) is 23.8 Å². The monoisotopic (exact) mass is 246 g/mol. The quantitative estimate of drug-likeness (QED) is 0.788. The van der Waals surface area contributed by atoms with Gasteiger partial charge in [0.05, 0.1) is 16.9 Å². The maximum absolute atomic E-state index is 12.0. The van der Waals surface area contributed by atoms with E-state index in [1.165, 1.54) is 0 Å². The molecule has 3 rings (SSSR count). The number of nitrogens with zero attached hydrogens (tertiary/aromatic N) is 1. The number of carbonyl (C=O) groups is 2. The molecule has 1 amide bonds. The standard InChI is InChI=1S/C13H14N2O3/c1-7-5-6-15-10(7)12(16)14-9-4-2-3-8(11(9)15)13(17)18/h2-4,7,10H,5-6H2,1H3,(H,14,16)(H,17,18). The number of hydrogen-bond donors (Lipinski definition) is 2. The molecule has 2 heterocycles. The molecule has 0 aromatic heterocycles. The van der Waals surface area contributed by atoms with Crippen LogP contribution in [-0.2, 0) is 4.79 Å². The Bertz CT molecular complexity index is 541. The van der Waals surface area contributed by atoms with Gasteiger partial charge in [-0.1, -0.05) is 13.0 Å². The van der Waals surface area contributed by atoms with Crippen LogP contribution in [0.25, 0.3) is 0 Å². The van der Waals surface area contributed by atoms with E-state index >= 15 is 0 Å². The zero-order valence-electron chi connectivity index (χ0n) is 10.0. The van der Waals surface area contributed by atoms with Crippen LogP contribution in [0, 0.1) is 5.92 Å². The number of amides is 1. The number of hydrogen-bond acceptors (Lipinski definition) is 3. The molecule has 18 heavy (non-hydrogen) atoms. The predicted molar refractivity (Wildman–Crippen MR) is 66.9 cm³/mol. The zero-order chi connectivity index (χ0) is 12.9. The van der Waals surface area contributed by atoms with Gasteiger partial charge in [-0.25, -0.2) is 4.79 Å². The predicted octanol–water partition coefficient (Wildman–Crippen LogP) is 1.55. The van der Waals surface area contributed by atoms with Crippen LogP contribution in [0.5, 0.6) is 0 Å². The second kappa shape index (κ2) is 3.73. The Balaban J connectivity index is 2.18. The zero-order valence-corrected chi connectivity index (χ0v) is 10.0. The van der Waals surface area contributed by atoms with Crippen LogP contribution in [0.4, 0.5) is 11.4 Å². The first-order valence-electron chi connectivity index (χ1n) is 6.03. The van der Waals surface area contributed by atoms with E-state index in [2.05, 4.69) is 5.32 Å². The Morgan fingerprint density at radius 2 is 2.28 bits per heavy atom. The molecule has 2 atom stereocenters. The fourth-order valence-corrected chi connectivity index (χ4v) is 2.93. The minimum absolute atomic E-state index is 0.0324. The minimum atomic E-state index is -0.957. The summed E-state index contributed by atoms with van der Waals surface area (Å²) in [4.78, 5) is 25.2. The second-order valence-corrected chi connectivity index (χ2v) is 4.90. The molecule has 5 nitrogen and oxygen atoms in total.